The number of hydrogen-bond donors (Lipinski definition) is 1. The van der Waals surface area contributed by atoms with E-state index in [1.54, 1.807) is 6.07 Å². The van der Waals surface area contributed by atoms with E-state index in [1.807, 2.05) is 24.3 Å². The van der Waals surface area contributed by atoms with E-state index in [9.17, 15) is 4.39 Å². The van der Waals surface area contributed by atoms with Gasteiger partial charge in [-0.3, -0.25) is 0 Å². The summed E-state index contributed by atoms with van der Waals surface area (Å²) >= 11 is 5.93. The molecule has 0 bridgehead atoms. The van der Waals surface area contributed by atoms with Crippen molar-refractivity contribution in [1.82, 2.24) is 0 Å². The zero-order chi connectivity index (χ0) is 14.8. The number of halogens is 2. The Bertz CT molecular complexity index is 622. The van der Waals surface area contributed by atoms with Crippen LogP contribution in [0.3, 0.4) is 0 Å². The summed E-state index contributed by atoms with van der Waals surface area (Å²) in [5.41, 5.74) is 8.82. The zero-order valence-electron chi connectivity index (χ0n) is 11.6. The lowest BCUT2D eigenvalue weighted by molar-refractivity contribution is 0.625. The van der Waals surface area contributed by atoms with Crippen LogP contribution in [0.5, 0.6) is 0 Å². The van der Waals surface area contributed by atoms with E-state index < -0.39 is 0 Å². The van der Waals surface area contributed by atoms with Crippen molar-refractivity contribution < 1.29 is 4.39 Å². The molecule has 0 aliphatic carbocycles. The Morgan fingerprint density at radius 2 is 1.52 bits per heavy atom. The molecule has 1 heterocycles. The molecule has 1 aliphatic rings. The Morgan fingerprint density at radius 1 is 0.905 bits per heavy atom. The van der Waals surface area contributed by atoms with Crippen molar-refractivity contribution in [3.05, 3.63) is 53.3 Å². The maximum absolute atomic E-state index is 13.0. The zero-order valence-corrected chi connectivity index (χ0v) is 12.4. The summed E-state index contributed by atoms with van der Waals surface area (Å²) in [5, 5.41) is 0.654. The van der Waals surface area contributed by atoms with Gasteiger partial charge in [0.05, 0.1) is 11.4 Å². The van der Waals surface area contributed by atoms with E-state index in [1.165, 1.54) is 12.1 Å². The molecular weight excluding hydrogens is 289 g/mol. The average molecular weight is 306 g/mol. The maximum Gasteiger partial charge on any atom is 0.123 e. The van der Waals surface area contributed by atoms with Crippen LogP contribution in [0.4, 0.5) is 21.5 Å². The number of anilines is 3. The lowest BCUT2D eigenvalue weighted by atomic mass is 10.2. The van der Waals surface area contributed by atoms with Crippen molar-refractivity contribution in [2.75, 3.05) is 41.7 Å². The molecule has 0 saturated carbocycles. The number of nitrogen functional groups attached to an aromatic ring is 1. The highest BCUT2D eigenvalue weighted by Crippen LogP contribution is 2.28. The van der Waals surface area contributed by atoms with Crippen LogP contribution in [0.2, 0.25) is 5.02 Å². The van der Waals surface area contributed by atoms with Gasteiger partial charge in [-0.05, 0) is 42.5 Å². The Kier molecular flexibility index (Phi) is 3.88. The Morgan fingerprint density at radius 3 is 2.14 bits per heavy atom. The number of nitrogens with zero attached hydrogens (tertiary/aromatic N) is 2. The third-order valence-corrected chi connectivity index (χ3v) is 4.04. The molecule has 1 fully saturated rings. The summed E-state index contributed by atoms with van der Waals surface area (Å²) in [6, 6.07) is 12.2. The lowest BCUT2D eigenvalue weighted by Gasteiger charge is -2.37. The number of piperazine rings is 1. The molecular formula is C16H17ClFN3. The topological polar surface area (TPSA) is 32.5 Å². The van der Waals surface area contributed by atoms with Gasteiger partial charge in [-0.15, -0.1) is 0 Å². The van der Waals surface area contributed by atoms with E-state index in [0.29, 0.717) is 10.7 Å². The highest BCUT2D eigenvalue weighted by atomic mass is 35.5. The summed E-state index contributed by atoms with van der Waals surface area (Å²) in [6.45, 7) is 3.52. The molecule has 110 valence electrons. The Hall–Kier alpha value is -1.94. The standard InChI is InChI=1S/C16H17ClFN3/c17-12-1-6-16(15(19)11-12)21-9-7-20(8-10-21)14-4-2-13(18)3-5-14/h1-6,11H,7-10,19H2. The summed E-state index contributed by atoms with van der Waals surface area (Å²) in [6.07, 6.45) is 0. The quantitative estimate of drug-likeness (QED) is 0.863. The van der Waals surface area contributed by atoms with Crippen LogP contribution in [0, 0.1) is 5.82 Å². The molecule has 0 unspecified atom stereocenters. The summed E-state index contributed by atoms with van der Waals surface area (Å²) in [4.78, 5) is 4.51. The van der Waals surface area contributed by atoms with Crippen molar-refractivity contribution in [3.63, 3.8) is 0 Å². The van der Waals surface area contributed by atoms with Gasteiger partial charge in [0.2, 0.25) is 0 Å². The first kappa shape index (κ1) is 14.0. The van der Waals surface area contributed by atoms with Crippen molar-refractivity contribution >= 4 is 28.7 Å². The second kappa shape index (κ2) is 5.82. The van der Waals surface area contributed by atoms with E-state index in [0.717, 1.165) is 37.6 Å². The van der Waals surface area contributed by atoms with Crippen LogP contribution >= 0.6 is 11.6 Å². The van der Waals surface area contributed by atoms with Crippen molar-refractivity contribution in [3.8, 4) is 0 Å². The van der Waals surface area contributed by atoms with Gasteiger partial charge in [0.1, 0.15) is 5.82 Å². The minimum atomic E-state index is -0.202. The molecule has 2 aromatic rings. The molecule has 2 aromatic carbocycles. The fourth-order valence-electron chi connectivity index (χ4n) is 2.67. The third-order valence-electron chi connectivity index (χ3n) is 3.80. The number of hydrogen-bond acceptors (Lipinski definition) is 3. The van der Waals surface area contributed by atoms with Crippen LogP contribution in [0.25, 0.3) is 0 Å². The van der Waals surface area contributed by atoms with E-state index in [-0.39, 0.29) is 5.82 Å². The average Bonchev–Trinajstić information content (AvgIpc) is 2.48. The first-order chi connectivity index (χ1) is 10.1. The van der Waals surface area contributed by atoms with Gasteiger partial charge < -0.3 is 15.5 Å². The van der Waals surface area contributed by atoms with Gasteiger partial charge in [-0.25, -0.2) is 4.39 Å². The molecule has 0 spiro atoms. The van der Waals surface area contributed by atoms with Gasteiger partial charge in [0.15, 0.2) is 0 Å². The largest absolute Gasteiger partial charge is 0.397 e. The van der Waals surface area contributed by atoms with Gasteiger partial charge in [-0.1, -0.05) is 11.6 Å². The predicted molar refractivity (Wildman–Crippen MR) is 86.7 cm³/mol. The van der Waals surface area contributed by atoms with Crippen LogP contribution in [0.1, 0.15) is 0 Å². The fraction of sp³-hybridized carbons (Fsp3) is 0.250. The third kappa shape index (κ3) is 3.05. The molecule has 1 saturated heterocycles. The van der Waals surface area contributed by atoms with Gasteiger partial charge >= 0.3 is 0 Å². The monoisotopic (exact) mass is 305 g/mol. The highest BCUT2D eigenvalue weighted by Gasteiger charge is 2.19. The maximum atomic E-state index is 13.0. The van der Waals surface area contributed by atoms with Crippen LogP contribution < -0.4 is 15.5 Å². The van der Waals surface area contributed by atoms with Gasteiger partial charge in [0.25, 0.3) is 0 Å². The lowest BCUT2D eigenvalue weighted by Crippen LogP contribution is -2.46. The minimum absolute atomic E-state index is 0.202. The van der Waals surface area contributed by atoms with Crippen molar-refractivity contribution in [2.45, 2.75) is 0 Å². The summed E-state index contributed by atoms with van der Waals surface area (Å²) in [5.74, 6) is -0.202. The first-order valence-corrected chi connectivity index (χ1v) is 7.32. The molecule has 0 radical (unpaired) electrons. The van der Waals surface area contributed by atoms with Gasteiger partial charge in [-0.2, -0.15) is 0 Å². The van der Waals surface area contributed by atoms with E-state index in [2.05, 4.69) is 9.80 Å². The molecule has 5 heteroatoms. The van der Waals surface area contributed by atoms with Crippen LogP contribution in [-0.4, -0.2) is 26.2 Å². The fourth-order valence-corrected chi connectivity index (χ4v) is 2.85. The van der Waals surface area contributed by atoms with Crippen LogP contribution in [0.15, 0.2) is 42.5 Å². The van der Waals surface area contributed by atoms with E-state index >= 15 is 0 Å². The SMILES string of the molecule is Nc1cc(Cl)ccc1N1CCN(c2ccc(F)cc2)CC1. The van der Waals surface area contributed by atoms with Crippen LogP contribution in [-0.2, 0) is 0 Å². The number of rotatable bonds is 2. The molecule has 2 N–H and O–H groups in total. The Balaban J connectivity index is 1.68. The molecule has 0 aromatic heterocycles. The molecule has 0 amide bonds. The summed E-state index contributed by atoms with van der Waals surface area (Å²) < 4.78 is 13.0. The second-order valence-corrected chi connectivity index (χ2v) is 5.59. The predicted octanol–water partition coefficient (Wildman–Crippen LogP) is 3.39. The van der Waals surface area contributed by atoms with Gasteiger partial charge in [0, 0.05) is 36.9 Å². The van der Waals surface area contributed by atoms with Crippen molar-refractivity contribution in [1.29, 1.82) is 0 Å². The van der Waals surface area contributed by atoms with E-state index in [4.69, 9.17) is 17.3 Å². The number of benzene rings is 2. The minimum Gasteiger partial charge on any atom is -0.397 e. The molecule has 1 aliphatic heterocycles. The molecule has 0 atom stereocenters. The number of nitrogens with two attached hydrogens (primary N) is 1. The smallest absolute Gasteiger partial charge is 0.123 e. The molecule has 3 rings (SSSR count). The molecule has 3 nitrogen and oxygen atoms in total. The first-order valence-electron chi connectivity index (χ1n) is 6.94. The molecule has 21 heavy (non-hydrogen) atoms. The second-order valence-electron chi connectivity index (χ2n) is 5.15. The van der Waals surface area contributed by atoms with Crippen molar-refractivity contribution in [2.24, 2.45) is 0 Å². The normalized spacial score (nSPS) is 15.3. The summed E-state index contributed by atoms with van der Waals surface area (Å²) in [7, 11) is 0. The highest BCUT2D eigenvalue weighted by molar-refractivity contribution is 6.31. The Labute approximate surface area is 128 Å².